The molecule has 2 aromatic rings. The third-order valence-electron chi connectivity index (χ3n) is 2.32. The van der Waals surface area contributed by atoms with E-state index in [1.54, 1.807) is 0 Å². The van der Waals surface area contributed by atoms with Crippen molar-refractivity contribution in [3.05, 3.63) is 52.8 Å². The normalized spacial score (nSPS) is 10.4. The summed E-state index contributed by atoms with van der Waals surface area (Å²) in [5.41, 5.74) is 5.51. The van der Waals surface area contributed by atoms with E-state index < -0.39 is 17.5 Å². The van der Waals surface area contributed by atoms with E-state index in [1.807, 2.05) is 0 Å². The van der Waals surface area contributed by atoms with E-state index in [-0.39, 0.29) is 22.1 Å². The molecule has 0 aromatic heterocycles. The standard InChI is InChI=1S/C12H8ClF3N2/c13-7-2-1-6(5-9(7)15)18-12-10(17)4-3-8(14)11(12)16/h1-5,18H,17H2. The number of nitrogens with one attached hydrogen (secondary N) is 1. The van der Waals surface area contributed by atoms with Gasteiger partial charge in [-0.25, -0.2) is 13.2 Å². The van der Waals surface area contributed by atoms with Crippen LogP contribution in [0.1, 0.15) is 0 Å². The molecule has 0 fully saturated rings. The van der Waals surface area contributed by atoms with Gasteiger partial charge in [-0.2, -0.15) is 0 Å². The Balaban J connectivity index is 2.39. The molecule has 0 aliphatic carbocycles. The summed E-state index contributed by atoms with van der Waals surface area (Å²) in [5, 5.41) is 2.45. The van der Waals surface area contributed by atoms with Crippen molar-refractivity contribution in [1.29, 1.82) is 0 Å². The van der Waals surface area contributed by atoms with Gasteiger partial charge in [0, 0.05) is 5.69 Å². The first-order valence-corrected chi connectivity index (χ1v) is 5.32. The zero-order chi connectivity index (χ0) is 13.3. The van der Waals surface area contributed by atoms with Gasteiger partial charge in [0.2, 0.25) is 0 Å². The number of halogens is 4. The fourth-order valence-corrected chi connectivity index (χ4v) is 1.53. The summed E-state index contributed by atoms with van der Waals surface area (Å²) in [4.78, 5) is 0. The summed E-state index contributed by atoms with van der Waals surface area (Å²) < 4.78 is 39.7. The van der Waals surface area contributed by atoms with Crippen LogP contribution in [0.3, 0.4) is 0 Å². The molecule has 0 heterocycles. The van der Waals surface area contributed by atoms with E-state index in [1.165, 1.54) is 18.2 Å². The average Bonchev–Trinajstić information content (AvgIpc) is 2.34. The van der Waals surface area contributed by atoms with E-state index in [0.717, 1.165) is 12.1 Å². The third-order valence-corrected chi connectivity index (χ3v) is 2.62. The van der Waals surface area contributed by atoms with Gasteiger partial charge in [0.05, 0.1) is 10.7 Å². The number of hydrogen-bond acceptors (Lipinski definition) is 2. The van der Waals surface area contributed by atoms with Crippen molar-refractivity contribution in [2.75, 3.05) is 11.1 Å². The van der Waals surface area contributed by atoms with Crippen LogP contribution >= 0.6 is 11.6 Å². The zero-order valence-corrected chi connectivity index (χ0v) is 9.73. The number of anilines is 3. The van der Waals surface area contributed by atoms with E-state index in [0.29, 0.717) is 0 Å². The minimum Gasteiger partial charge on any atom is -0.397 e. The maximum absolute atomic E-state index is 13.5. The predicted octanol–water partition coefficient (Wildman–Crippen LogP) is 4.08. The second-order valence-corrected chi connectivity index (χ2v) is 3.99. The Morgan fingerprint density at radius 2 is 1.72 bits per heavy atom. The highest BCUT2D eigenvalue weighted by atomic mass is 35.5. The lowest BCUT2D eigenvalue weighted by atomic mass is 10.2. The number of hydrogen-bond donors (Lipinski definition) is 2. The van der Waals surface area contributed by atoms with Crippen LogP contribution in [0.5, 0.6) is 0 Å². The lowest BCUT2D eigenvalue weighted by molar-refractivity contribution is 0.512. The molecule has 6 heteroatoms. The largest absolute Gasteiger partial charge is 0.397 e. The van der Waals surface area contributed by atoms with Gasteiger partial charge in [0.1, 0.15) is 11.5 Å². The summed E-state index contributed by atoms with van der Waals surface area (Å²) in [5.74, 6) is -2.83. The van der Waals surface area contributed by atoms with Crippen LogP contribution in [0.25, 0.3) is 0 Å². The topological polar surface area (TPSA) is 38.0 Å². The highest BCUT2D eigenvalue weighted by Crippen LogP contribution is 2.29. The van der Waals surface area contributed by atoms with Crippen LogP contribution in [-0.4, -0.2) is 0 Å². The molecule has 0 bridgehead atoms. The molecular formula is C12H8ClF3N2. The van der Waals surface area contributed by atoms with Crippen molar-refractivity contribution in [1.82, 2.24) is 0 Å². The molecule has 0 spiro atoms. The maximum Gasteiger partial charge on any atom is 0.184 e. The van der Waals surface area contributed by atoms with E-state index in [9.17, 15) is 13.2 Å². The second kappa shape index (κ2) is 4.78. The van der Waals surface area contributed by atoms with Crippen LogP contribution in [0, 0.1) is 17.5 Å². The van der Waals surface area contributed by atoms with Gasteiger partial charge in [-0.3, -0.25) is 0 Å². The first-order valence-electron chi connectivity index (χ1n) is 4.94. The van der Waals surface area contributed by atoms with Crippen LogP contribution in [0.4, 0.5) is 30.2 Å². The van der Waals surface area contributed by atoms with E-state index >= 15 is 0 Å². The highest BCUT2D eigenvalue weighted by molar-refractivity contribution is 6.30. The molecule has 0 saturated carbocycles. The molecule has 0 aliphatic heterocycles. The van der Waals surface area contributed by atoms with Crippen molar-refractivity contribution in [3.63, 3.8) is 0 Å². The summed E-state index contributed by atoms with van der Waals surface area (Å²) in [6, 6.07) is 5.92. The summed E-state index contributed by atoms with van der Waals surface area (Å²) in [7, 11) is 0. The molecule has 94 valence electrons. The molecule has 2 aromatic carbocycles. The molecule has 2 rings (SSSR count). The Kier molecular flexibility index (Phi) is 3.34. The number of rotatable bonds is 2. The molecule has 0 amide bonds. The summed E-state index contributed by atoms with van der Waals surface area (Å²) in [6.07, 6.45) is 0. The molecule has 3 N–H and O–H groups in total. The van der Waals surface area contributed by atoms with Gasteiger partial charge in [-0.15, -0.1) is 0 Å². The number of nitrogen functional groups attached to an aromatic ring is 1. The summed E-state index contributed by atoms with van der Waals surface area (Å²) >= 11 is 5.51. The molecule has 18 heavy (non-hydrogen) atoms. The lowest BCUT2D eigenvalue weighted by Crippen LogP contribution is -2.01. The quantitative estimate of drug-likeness (QED) is 0.808. The fraction of sp³-hybridized carbons (Fsp3) is 0. The van der Waals surface area contributed by atoms with Gasteiger partial charge in [-0.05, 0) is 30.3 Å². The number of nitrogens with two attached hydrogens (primary N) is 1. The Morgan fingerprint density at radius 3 is 2.39 bits per heavy atom. The smallest absolute Gasteiger partial charge is 0.184 e. The Labute approximate surface area is 106 Å². The van der Waals surface area contributed by atoms with Gasteiger partial charge in [0.25, 0.3) is 0 Å². The minimum atomic E-state index is -1.12. The molecular weight excluding hydrogens is 265 g/mol. The van der Waals surface area contributed by atoms with Gasteiger partial charge < -0.3 is 11.1 Å². The van der Waals surface area contributed by atoms with Crippen LogP contribution in [0.15, 0.2) is 30.3 Å². The average molecular weight is 273 g/mol. The lowest BCUT2D eigenvalue weighted by Gasteiger charge is -2.11. The Morgan fingerprint density at radius 1 is 1.00 bits per heavy atom. The van der Waals surface area contributed by atoms with Crippen molar-refractivity contribution >= 4 is 28.7 Å². The van der Waals surface area contributed by atoms with Crippen molar-refractivity contribution in [2.45, 2.75) is 0 Å². The molecule has 0 saturated heterocycles. The molecule has 0 unspecified atom stereocenters. The van der Waals surface area contributed by atoms with E-state index in [4.69, 9.17) is 17.3 Å². The minimum absolute atomic E-state index is 0.0178. The van der Waals surface area contributed by atoms with Gasteiger partial charge in [-0.1, -0.05) is 11.6 Å². The molecule has 0 radical (unpaired) electrons. The van der Waals surface area contributed by atoms with Gasteiger partial charge >= 0.3 is 0 Å². The van der Waals surface area contributed by atoms with Crippen molar-refractivity contribution < 1.29 is 13.2 Å². The van der Waals surface area contributed by atoms with Crippen LogP contribution in [0.2, 0.25) is 5.02 Å². The monoisotopic (exact) mass is 272 g/mol. The van der Waals surface area contributed by atoms with Crippen LogP contribution in [-0.2, 0) is 0 Å². The highest BCUT2D eigenvalue weighted by Gasteiger charge is 2.12. The van der Waals surface area contributed by atoms with Crippen LogP contribution < -0.4 is 11.1 Å². The molecule has 0 atom stereocenters. The first-order chi connectivity index (χ1) is 8.49. The summed E-state index contributed by atoms with van der Waals surface area (Å²) in [6.45, 7) is 0. The van der Waals surface area contributed by atoms with Crippen molar-refractivity contribution in [3.8, 4) is 0 Å². The molecule has 2 nitrogen and oxygen atoms in total. The Hall–Kier alpha value is -1.88. The zero-order valence-electron chi connectivity index (χ0n) is 8.98. The van der Waals surface area contributed by atoms with Gasteiger partial charge in [0.15, 0.2) is 11.6 Å². The second-order valence-electron chi connectivity index (χ2n) is 3.58. The van der Waals surface area contributed by atoms with Crippen molar-refractivity contribution in [2.24, 2.45) is 0 Å². The fourth-order valence-electron chi connectivity index (χ4n) is 1.41. The maximum atomic E-state index is 13.5. The SMILES string of the molecule is Nc1ccc(F)c(F)c1Nc1ccc(Cl)c(F)c1. The molecule has 0 aliphatic rings. The first kappa shape index (κ1) is 12.6. The van der Waals surface area contributed by atoms with E-state index in [2.05, 4.69) is 5.32 Å². The Bertz CT molecular complexity index is 602. The third kappa shape index (κ3) is 2.36. The predicted molar refractivity (Wildman–Crippen MR) is 65.5 cm³/mol. The number of benzene rings is 2.